The minimum absolute atomic E-state index is 0.0626. The summed E-state index contributed by atoms with van der Waals surface area (Å²) in [6.45, 7) is 5.69. The third-order valence-corrected chi connectivity index (χ3v) is 5.10. The molecule has 2 fully saturated rings. The molecule has 2 aliphatic heterocycles. The Morgan fingerprint density at radius 1 is 1.35 bits per heavy atom. The van der Waals surface area contributed by atoms with E-state index in [4.69, 9.17) is 4.74 Å². The summed E-state index contributed by atoms with van der Waals surface area (Å²) in [6.07, 6.45) is 5.22. The van der Waals surface area contributed by atoms with E-state index in [2.05, 4.69) is 17.6 Å². The van der Waals surface area contributed by atoms with Gasteiger partial charge in [-0.15, -0.1) is 0 Å². The van der Waals surface area contributed by atoms with Crippen LogP contribution < -0.4 is 10.6 Å². The standard InChI is InChI=1S/C17H31N3O3/c1-3-4-9-19-15(21)14-6-5-12-20(13-14)16(22)17(23-2)7-10-18-11-8-17/h14,18H,3-13H2,1-2H3,(H,19,21). The fourth-order valence-corrected chi connectivity index (χ4v) is 3.53. The molecule has 0 aromatic rings. The maximum atomic E-state index is 13.0. The molecule has 2 aliphatic rings. The summed E-state index contributed by atoms with van der Waals surface area (Å²) in [7, 11) is 1.63. The van der Waals surface area contributed by atoms with Crippen molar-refractivity contribution < 1.29 is 14.3 Å². The first kappa shape index (κ1) is 18.2. The SMILES string of the molecule is CCCCNC(=O)C1CCCN(C(=O)C2(OC)CCNCC2)C1. The number of ether oxygens (including phenoxy) is 1. The highest BCUT2D eigenvalue weighted by Crippen LogP contribution is 2.28. The summed E-state index contributed by atoms with van der Waals surface area (Å²) >= 11 is 0. The van der Waals surface area contributed by atoms with Crippen LogP contribution in [-0.2, 0) is 14.3 Å². The molecule has 2 N–H and O–H groups in total. The molecule has 0 spiro atoms. The lowest BCUT2D eigenvalue weighted by Crippen LogP contribution is -2.57. The van der Waals surface area contributed by atoms with Crippen molar-refractivity contribution in [1.82, 2.24) is 15.5 Å². The fraction of sp³-hybridized carbons (Fsp3) is 0.882. The molecule has 1 atom stereocenters. The Balaban J connectivity index is 1.94. The van der Waals surface area contributed by atoms with Crippen LogP contribution in [0.3, 0.4) is 0 Å². The van der Waals surface area contributed by atoms with Crippen LogP contribution in [0.25, 0.3) is 0 Å². The molecular weight excluding hydrogens is 294 g/mol. The van der Waals surface area contributed by atoms with E-state index in [-0.39, 0.29) is 17.7 Å². The number of carbonyl (C=O) groups excluding carboxylic acids is 2. The lowest BCUT2D eigenvalue weighted by Gasteiger charge is -2.41. The van der Waals surface area contributed by atoms with E-state index < -0.39 is 5.60 Å². The zero-order valence-corrected chi connectivity index (χ0v) is 14.5. The van der Waals surface area contributed by atoms with Gasteiger partial charge in [-0.3, -0.25) is 9.59 Å². The van der Waals surface area contributed by atoms with E-state index >= 15 is 0 Å². The molecule has 2 amide bonds. The summed E-state index contributed by atoms with van der Waals surface area (Å²) < 4.78 is 5.64. The van der Waals surface area contributed by atoms with Gasteiger partial charge in [0.1, 0.15) is 5.60 Å². The molecule has 0 aromatic heterocycles. The average molecular weight is 325 g/mol. The molecule has 132 valence electrons. The quantitative estimate of drug-likeness (QED) is 0.712. The van der Waals surface area contributed by atoms with Crippen LogP contribution in [-0.4, -0.2) is 62.1 Å². The highest BCUT2D eigenvalue weighted by molar-refractivity contribution is 5.87. The van der Waals surface area contributed by atoms with Gasteiger partial charge in [-0.05, 0) is 45.2 Å². The summed E-state index contributed by atoms with van der Waals surface area (Å²) in [5.41, 5.74) is -0.703. The fourth-order valence-electron chi connectivity index (χ4n) is 3.53. The van der Waals surface area contributed by atoms with Crippen molar-refractivity contribution in [2.45, 2.75) is 51.0 Å². The molecule has 6 nitrogen and oxygen atoms in total. The van der Waals surface area contributed by atoms with Gasteiger partial charge < -0.3 is 20.3 Å². The topological polar surface area (TPSA) is 70.7 Å². The second kappa shape index (κ2) is 8.64. The normalized spacial score (nSPS) is 24.3. The van der Waals surface area contributed by atoms with Crippen LogP contribution in [0, 0.1) is 5.92 Å². The van der Waals surface area contributed by atoms with Gasteiger partial charge in [0.25, 0.3) is 5.91 Å². The summed E-state index contributed by atoms with van der Waals surface area (Å²) in [6, 6.07) is 0. The van der Waals surface area contributed by atoms with Gasteiger partial charge in [-0.2, -0.15) is 0 Å². The molecule has 23 heavy (non-hydrogen) atoms. The minimum Gasteiger partial charge on any atom is -0.368 e. The van der Waals surface area contributed by atoms with Crippen LogP contribution in [0.15, 0.2) is 0 Å². The lowest BCUT2D eigenvalue weighted by atomic mass is 9.88. The number of carbonyl (C=O) groups is 2. The van der Waals surface area contributed by atoms with Gasteiger partial charge in [-0.25, -0.2) is 0 Å². The Bertz CT molecular complexity index is 408. The first-order valence-corrected chi connectivity index (χ1v) is 8.96. The average Bonchev–Trinajstić information content (AvgIpc) is 2.62. The summed E-state index contributed by atoms with van der Waals surface area (Å²) in [5.74, 6) is 0.0699. The van der Waals surface area contributed by atoms with E-state index in [9.17, 15) is 9.59 Å². The third kappa shape index (κ3) is 4.44. The third-order valence-electron chi connectivity index (χ3n) is 5.10. The van der Waals surface area contributed by atoms with Crippen LogP contribution in [0.1, 0.15) is 45.4 Å². The van der Waals surface area contributed by atoms with Crippen molar-refractivity contribution >= 4 is 11.8 Å². The second-order valence-electron chi connectivity index (χ2n) is 6.68. The maximum absolute atomic E-state index is 13.0. The zero-order valence-electron chi connectivity index (χ0n) is 14.5. The van der Waals surface area contributed by atoms with Crippen molar-refractivity contribution in [2.75, 3.05) is 39.8 Å². The Morgan fingerprint density at radius 2 is 2.09 bits per heavy atom. The largest absolute Gasteiger partial charge is 0.368 e. The molecular formula is C17H31N3O3. The number of hydrogen-bond acceptors (Lipinski definition) is 4. The first-order valence-electron chi connectivity index (χ1n) is 8.96. The highest BCUT2D eigenvalue weighted by Gasteiger charge is 2.43. The van der Waals surface area contributed by atoms with Gasteiger partial charge in [0, 0.05) is 26.7 Å². The molecule has 0 bridgehead atoms. The number of likely N-dealkylation sites (tertiary alicyclic amines) is 1. The molecule has 2 heterocycles. The molecule has 2 saturated heterocycles. The molecule has 0 aliphatic carbocycles. The van der Waals surface area contributed by atoms with Gasteiger partial charge in [0.15, 0.2) is 0 Å². The number of unbranched alkanes of at least 4 members (excludes halogenated alkanes) is 1. The Labute approximate surface area is 139 Å². The monoisotopic (exact) mass is 325 g/mol. The van der Waals surface area contributed by atoms with E-state index in [1.165, 1.54) is 0 Å². The van der Waals surface area contributed by atoms with E-state index in [1.807, 2.05) is 4.90 Å². The summed E-state index contributed by atoms with van der Waals surface area (Å²) in [4.78, 5) is 27.1. The first-order chi connectivity index (χ1) is 11.1. The minimum atomic E-state index is -0.703. The smallest absolute Gasteiger partial charge is 0.254 e. The van der Waals surface area contributed by atoms with Gasteiger partial charge in [0.2, 0.25) is 5.91 Å². The molecule has 6 heteroatoms. The highest BCUT2D eigenvalue weighted by atomic mass is 16.5. The molecule has 2 rings (SSSR count). The van der Waals surface area contributed by atoms with Crippen molar-refractivity contribution in [3.8, 4) is 0 Å². The maximum Gasteiger partial charge on any atom is 0.254 e. The van der Waals surface area contributed by atoms with Crippen LogP contribution >= 0.6 is 0 Å². The molecule has 1 unspecified atom stereocenters. The van der Waals surface area contributed by atoms with Crippen molar-refractivity contribution in [3.05, 3.63) is 0 Å². The Morgan fingerprint density at radius 3 is 2.74 bits per heavy atom. The van der Waals surface area contributed by atoms with Gasteiger partial charge >= 0.3 is 0 Å². The zero-order chi connectivity index (χ0) is 16.7. The second-order valence-corrected chi connectivity index (χ2v) is 6.68. The number of nitrogens with zero attached hydrogens (tertiary/aromatic N) is 1. The summed E-state index contributed by atoms with van der Waals surface area (Å²) in [5, 5.41) is 6.27. The predicted octanol–water partition coefficient (Wildman–Crippen LogP) is 0.910. The number of methoxy groups -OCH3 is 1. The number of nitrogens with one attached hydrogen (secondary N) is 2. The van der Waals surface area contributed by atoms with E-state index in [0.717, 1.165) is 51.9 Å². The van der Waals surface area contributed by atoms with Crippen molar-refractivity contribution in [3.63, 3.8) is 0 Å². The van der Waals surface area contributed by atoms with E-state index in [1.54, 1.807) is 7.11 Å². The molecule has 0 radical (unpaired) electrons. The van der Waals surface area contributed by atoms with Crippen LogP contribution in [0.4, 0.5) is 0 Å². The van der Waals surface area contributed by atoms with E-state index in [0.29, 0.717) is 19.4 Å². The van der Waals surface area contributed by atoms with Crippen LogP contribution in [0.2, 0.25) is 0 Å². The van der Waals surface area contributed by atoms with Gasteiger partial charge in [0.05, 0.1) is 5.92 Å². The molecule has 0 aromatic carbocycles. The predicted molar refractivity (Wildman–Crippen MR) is 89.1 cm³/mol. The van der Waals surface area contributed by atoms with Crippen molar-refractivity contribution in [2.24, 2.45) is 5.92 Å². The Kier molecular flexibility index (Phi) is 6.84. The molecule has 0 saturated carbocycles. The van der Waals surface area contributed by atoms with Gasteiger partial charge in [-0.1, -0.05) is 13.3 Å². The number of piperidine rings is 2. The number of hydrogen-bond donors (Lipinski definition) is 2. The lowest BCUT2D eigenvalue weighted by molar-refractivity contribution is -0.160. The number of amides is 2. The van der Waals surface area contributed by atoms with Crippen molar-refractivity contribution in [1.29, 1.82) is 0 Å². The Hall–Kier alpha value is -1.14. The number of rotatable bonds is 6. The van der Waals surface area contributed by atoms with Crippen LogP contribution in [0.5, 0.6) is 0 Å².